The molecule has 1 aromatic carbocycles. The molecule has 0 radical (unpaired) electrons. The molecule has 0 fully saturated rings. The predicted octanol–water partition coefficient (Wildman–Crippen LogP) is 1.66. The molecule has 0 bridgehead atoms. The van der Waals surface area contributed by atoms with E-state index < -0.39 is 20.0 Å². The number of benzene rings is 1. The summed E-state index contributed by atoms with van der Waals surface area (Å²) in [5.74, 6) is 0.571. The molecule has 3 rings (SSSR count). The monoisotopic (exact) mass is 393 g/mol. The Morgan fingerprint density at radius 2 is 2.04 bits per heavy atom. The molecule has 2 unspecified atom stereocenters. The Bertz CT molecular complexity index is 935. The largest absolute Gasteiger partial charge is 0.423 e. The summed E-state index contributed by atoms with van der Waals surface area (Å²) in [7, 11) is -2.47. The van der Waals surface area contributed by atoms with Gasteiger partial charge >= 0.3 is 7.60 Å². The Labute approximate surface area is 155 Å². The fraction of sp³-hybridized carbons (Fsp3) is 0.312. The molecule has 0 saturated heterocycles. The van der Waals surface area contributed by atoms with Crippen molar-refractivity contribution < 1.29 is 23.5 Å². The fourth-order valence-electron chi connectivity index (χ4n) is 2.46. The van der Waals surface area contributed by atoms with Crippen molar-refractivity contribution in [3.63, 3.8) is 0 Å². The molecule has 2 aromatic heterocycles. The number of rotatable bonds is 9. The van der Waals surface area contributed by atoms with E-state index in [0.29, 0.717) is 23.5 Å². The molecule has 0 aliphatic heterocycles. The highest BCUT2D eigenvalue weighted by atomic mass is 31.2. The van der Waals surface area contributed by atoms with Gasteiger partial charge in [-0.15, -0.1) is 0 Å². The van der Waals surface area contributed by atoms with E-state index in [4.69, 9.17) is 19.7 Å². The molecule has 0 spiro atoms. The van der Waals surface area contributed by atoms with Gasteiger partial charge in [0.25, 0.3) is 0 Å². The molecule has 27 heavy (non-hydrogen) atoms. The van der Waals surface area contributed by atoms with E-state index in [1.54, 1.807) is 41.2 Å². The maximum Gasteiger partial charge on any atom is 0.402 e. The second kappa shape index (κ2) is 8.45. The highest BCUT2D eigenvalue weighted by molar-refractivity contribution is 7.53. The molecule has 2 atom stereocenters. The maximum absolute atomic E-state index is 12.3. The van der Waals surface area contributed by atoms with Gasteiger partial charge in [0.15, 0.2) is 17.8 Å². The molecule has 11 heteroatoms. The highest BCUT2D eigenvalue weighted by Gasteiger charge is 2.24. The van der Waals surface area contributed by atoms with Crippen molar-refractivity contribution in [3.05, 3.63) is 43.0 Å². The number of hydrogen-bond acceptors (Lipinski definition) is 8. The van der Waals surface area contributed by atoms with E-state index in [-0.39, 0.29) is 12.4 Å². The first-order valence-electron chi connectivity index (χ1n) is 8.07. The zero-order valence-corrected chi connectivity index (χ0v) is 15.5. The SMILES string of the molecule is COCC(Cn1cnc2c(N)ncnc21)OCP(=O)(O)Oc1ccccc1. The number of nitrogens with zero attached hydrogens (tertiary/aromatic N) is 4. The van der Waals surface area contributed by atoms with Crippen LogP contribution >= 0.6 is 7.60 Å². The summed E-state index contributed by atoms with van der Waals surface area (Å²) in [5, 5.41) is 0. The molecule has 0 aliphatic carbocycles. The standard InChI is InChI=1S/C16H20N5O5P/c1-24-8-13(7-21-10-20-14-15(17)18-9-19-16(14)21)25-11-27(22,23)26-12-5-3-2-4-6-12/h2-6,9-10,13H,7-8,11H2,1H3,(H,22,23)(H2,17,18,19). The predicted molar refractivity (Wildman–Crippen MR) is 98.2 cm³/mol. The lowest BCUT2D eigenvalue weighted by molar-refractivity contribution is 0.00454. The van der Waals surface area contributed by atoms with Gasteiger partial charge in [0.1, 0.15) is 17.6 Å². The third-order valence-electron chi connectivity index (χ3n) is 3.65. The molecule has 10 nitrogen and oxygen atoms in total. The minimum absolute atomic E-state index is 0.200. The van der Waals surface area contributed by atoms with Crippen LogP contribution in [0.3, 0.4) is 0 Å². The van der Waals surface area contributed by atoms with E-state index >= 15 is 0 Å². The normalized spacial score (nSPS) is 14.7. The van der Waals surface area contributed by atoms with Gasteiger partial charge in [0.2, 0.25) is 0 Å². The quantitative estimate of drug-likeness (QED) is 0.520. The third-order valence-corrected chi connectivity index (χ3v) is 4.62. The van der Waals surface area contributed by atoms with Gasteiger partial charge in [-0.3, -0.25) is 0 Å². The van der Waals surface area contributed by atoms with Crippen molar-refractivity contribution in [2.45, 2.75) is 12.6 Å². The first kappa shape index (κ1) is 19.2. The number of nitrogen functional groups attached to an aromatic ring is 1. The topological polar surface area (TPSA) is 135 Å². The Balaban J connectivity index is 1.66. The van der Waals surface area contributed by atoms with Crippen molar-refractivity contribution >= 4 is 24.6 Å². The smallest absolute Gasteiger partial charge is 0.402 e. The van der Waals surface area contributed by atoms with E-state index in [0.717, 1.165) is 0 Å². The Kier molecular flexibility index (Phi) is 6.02. The number of para-hydroxylation sites is 1. The number of imidazole rings is 1. The molecular weight excluding hydrogens is 373 g/mol. The summed E-state index contributed by atoms with van der Waals surface area (Å²) in [6.45, 7) is 0.498. The average molecular weight is 393 g/mol. The minimum Gasteiger partial charge on any atom is -0.423 e. The van der Waals surface area contributed by atoms with Crippen LogP contribution in [-0.2, 0) is 20.6 Å². The summed E-state index contributed by atoms with van der Waals surface area (Å²) in [4.78, 5) is 22.3. The summed E-state index contributed by atoms with van der Waals surface area (Å²) >= 11 is 0. The summed E-state index contributed by atoms with van der Waals surface area (Å²) in [6.07, 6.45) is 1.89. The molecule has 0 saturated carbocycles. The van der Waals surface area contributed by atoms with Gasteiger partial charge in [0.05, 0.1) is 25.6 Å². The van der Waals surface area contributed by atoms with Gasteiger partial charge < -0.3 is 29.2 Å². The number of anilines is 1. The zero-order valence-electron chi connectivity index (χ0n) is 14.6. The number of hydrogen-bond donors (Lipinski definition) is 2. The van der Waals surface area contributed by atoms with E-state index in [1.807, 2.05) is 0 Å². The average Bonchev–Trinajstić information content (AvgIpc) is 3.05. The Hall–Kier alpha value is -2.52. The van der Waals surface area contributed by atoms with Crippen LogP contribution in [0.15, 0.2) is 43.0 Å². The molecule has 0 aliphatic rings. The van der Waals surface area contributed by atoms with Crippen molar-refractivity contribution in [1.29, 1.82) is 0 Å². The number of methoxy groups -OCH3 is 1. The minimum atomic E-state index is -3.99. The summed E-state index contributed by atoms with van der Waals surface area (Å²) in [6, 6.07) is 8.39. The van der Waals surface area contributed by atoms with E-state index in [1.165, 1.54) is 13.4 Å². The van der Waals surface area contributed by atoms with Crippen LogP contribution in [0.4, 0.5) is 5.82 Å². The van der Waals surface area contributed by atoms with Crippen LogP contribution in [0.1, 0.15) is 0 Å². The maximum atomic E-state index is 12.3. The fourth-order valence-corrected chi connectivity index (χ4v) is 3.37. The van der Waals surface area contributed by atoms with E-state index in [2.05, 4.69) is 15.0 Å². The molecule has 144 valence electrons. The lowest BCUT2D eigenvalue weighted by Crippen LogP contribution is -2.26. The van der Waals surface area contributed by atoms with Crippen molar-refractivity contribution in [2.24, 2.45) is 0 Å². The lowest BCUT2D eigenvalue weighted by Gasteiger charge is -2.20. The van der Waals surface area contributed by atoms with Gasteiger partial charge in [-0.05, 0) is 12.1 Å². The van der Waals surface area contributed by atoms with E-state index in [9.17, 15) is 9.46 Å². The van der Waals surface area contributed by atoms with Crippen molar-refractivity contribution in [2.75, 3.05) is 25.8 Å². The first-order chi connectivity index (χ1) is 13.0. The second-order valence-electron chi connectivity index (χ2n) is 5.74. The molecular formula is C16H20N5O5P. The van der Waals surface area contributed by atoms with Crippen LogP contribution in [0.25, 0.3) is 11.2 Å². The van der Waals surface area contributed by atoms with Crippen LogP contribution in [0.5, 0.6) is 5.75 Å². The van der Waals surface area contributed by atoms with Crippen LogP contribution in [0.2, 0.25) is 0 Å². The number of nitrogens with two attached hydrogens (primary N) is 1. The van der Waals surface area contributed by atoms with Crippen LogP contribution < -0.4 is 10.3 Å². The molecule has 3 aromatic rings. The Morgan fingerprint density at radius 1 is 1.26 bits per heavy atom. The van der Waals surface area contributed by atoms with Crippen molar-refractivity contribution in [3.8, 4) is 5.75 Å². The Morgan fingerprint density at radius 3 is 2.78 bits per heavy atom. The first-order valence-corrected chi connectivity index (χ1v) is 9.83. The molecule has 2 heterocycles. The van der Waals surface area contributed by atoms with Crippen molar-refractivity contribution in [1.82, 2.24) is 19.5 Å². The van der Waals surface area contributed by atoms with Gasteiger partial charge in [-0.25, -0.2) is 19.5 Å². The lowest BCUT2D eigenvalue weighted by atomic mass is 10.3. The van der Waals surface area contributed by atoms with Crippen LogP contribution in [0, 0.1) is 0 Å². The van der Waals surface area contributed by atoms with Gasteiger partial charge in [0, 0.05) is 7.11 Å². The molecule has 0 amide bonds. The van der Waals surface area contributed by atoms with Gasteiger partial charge in [-0.2, -0.15) is 0 Å². The highest BCUT2D eigenvalue weighted by Crippen LogP contribution is 2.42. The summed E-state index contributed by atoms with van der Waals surface area (Å²) < 4.78 is 29.9. The number of ether oxygens (including phenoxy) is 2. The number of fused-ring (bicyclic) bond motifs is 1. The summed E-state index contributed by atoms with van der Waals surface area (Å²) in [5.41, 5.74) is 6.80. The number of aromatic nitrogens is 4. The second-order valence-corrected chi connectivity index (χ2v) is 7.46. The van der Waals surface area contributed by atoms with Gasteiger partial charge in [-0.1, -0.05) is 18.2 Å². The third kappa shape index (κ3) is 5.01. The zero-order chi connectivity index (χ0) is 19.3. The van der Waals surface area contributed by atoms with Crippen LogP contribution in [-0.4, -0.2) is 50.6 Å². The molecule has 3 N–H and O–H groups in total.